The lowest BCUT2D eigenvalue weighted by Gasteiger charge is -2.50. The molecule has 104 valence electrons. The van der Waals surface area contributed by atoms with Crippen molar-refractivity contribution in [1.82, 2.24) is 0 Å². The van der Waals surface area contributed by atoms with Crippen LogP contribution in [0, 0.1) is 21.3 Å². The molecule has 1 aliphatic carbocycles. The maximum absolute atomic E-state index is 13.7. The van der Waals surface area contributed by atoms with Gasteiger partial charge in [0.25, 0.3) is 5.69 Å². The maximum atomic E-state index is 13.7. The number of nitro groups is 1. The van der Waals surface area contributed by atoms with Gasteiger partial charge >= 0.3 is 0 Å². The third-order valence-corrected chi connectivity index (χ3v) is 5.45. The van der Waals surface area contributed by atoms with Crippen LogP contribution in [0.5, 0.6) is 5.75 Å². The summed E-state index contributed by atoms with van der Waals surface area (Å²) in [7, 11) is 0. The third-order valence-electron chi connectivity index (χ3n) is 4.03. The van der Waals surface area contributed by atoms with Crippen LogP contribution in [0.1, 0.15) is 26.7 Å². The van der Waals surface area contributed by atoms with Crippen molar-refractivity contribution < 1.29 is 14.1 Å². The minimum Gasteiger partial charge on any atom is -0.487 e. The zero-order valence-corrected chi connectivity index (χ0v) is 12.3. The van der Waals surface area contributed by atoms with Gasteiger partial charge in [-0.15, -0.1) is 0 Å². The highest BCUT2D eigenvalue weighted by Crippen LogP contribution is 2.50. The molecule has 4 nitrogen and oxygen atoms in total. The summed E-state index contributed by atoms with van der Waals surface area (Å²) < 4.78 is 19.4. The molecule has 3 unspecified atom stereocenters. The molecule has 0 aliphatic heterocycles. The molecule has 0 heterocycles. The van der Waals surface area contributed by atoms with Crippen molar-refractivity contribution in [3.8, 4) is 5.75 Å². The molecule has 0 saturated heterocycles. The largest absolute Gasteiger partial charge is 0.487 e. The number of alkyl halides is 1. The first-order valence-corrected chi connectivity index (χ1v) is 7.04. The summed E-state index contributed by atoms with van der Waals surface area (Å²) >= 11 is 3.58. The zero-order chi connectivity index (χ0) is 14.2. The van der Waals surface area contributed by atoms with E-state index in [-0.39, 0.29) is 23.0 Å². The lowest BCUT2D eigenvalue weighted by Crippen LogP contribution is -2.54. The molecule has 2 rings (SSSR count). The molecule has 1 fully saturated rings. The average Bonchev–Trinajstić information content (AvgIpc) is 2.38. The molecule has 1 aromatic rings. The van der Waals surface area contributed by atoms with Crippen molar-refractivity contribution in [2.45, 2.75) is 37.6 Å². The topological polar surface area (TPSA) is 52.4 Å². The van der Waals surface area contributed by atoms with E-state index in [1.807, 2.05) is 0 Å². The molecule has 1 saturated carbocycles. The van der Waals surface area contributed by atoms with E-state index in [4.69, 9.17) is 4.74 Å². The number of nitro benzene ring substituents is 1. The number of nitrogens with zero attached hydrogens (tertiary/aromatic N) is 1. The van der Waals surface area contributed by atoms with Crippen molar-refractivity contribution in [1.29, 1.82) is 0 Å². The second-order valence-corrected chi connectivity index (χ2v) is 6.15. The molecule has 0 spiro atoms. The molecule has 6 heteroatoms. The van der Waals surface area contributed by atoms with E-state index in [0.29, 0.717) is 4.83 Å². The van der Waals surface area contributed by atoms with E-state index in [2.05, 4.69) is 29.8 Å². The molecular formula is C13H15BrFNO3. The maximum Gasteiger partial charge on any atom is 0.272 e. The van der Waals surface area contributed by atoms with Gasteiger partial charge in [-0.05, 0) is 18.9 Å². The van der Waals surface area contributed by atoms with Gasteiger partial charge in [0.15, 0.2) is 11.6 Å². The second kappa shape index (κ2) is 5.07. The molecule has 0 bridgehead atoms. The van der Waals surface area contributed by atoms with Crippen LogP contribution in [0.15, 0.2) is 18.2 Å². The molecular weight excluding hydrogens is 317 g/mol. The Morgan fingerprint density at radius 2 is 2.32 bits per heavy atom. The minimum atomic E-state index is -0.689. The molecule has 19 heavy (non-hydrogen) atoms. The first-order chi connectivity index (χ1) is 8.88. The van der Waals surface area contributed by atoms with Crippen LogP contribution in [0.2, 0.25) is 0 Å². The summed E-state index contributed by atoms with van der Waals surface area (Å²) in [4.78, 5) is 10.3. The molecule has 0 aromatic heterocycles. The molecule has 1 aliphatic rings. The summed E-state index contributed by atoms with van der Waals surface area (Å²) in [5, 5.41) is 10.5. The number of rotatable bonds is 4. The number of benzene rings is 1. The van der Waals surface area contributed by atoms with Crippen LogP contribution >= 0.6 is 15.9 Å². The van der Waals surface area contributed by atoms with Gasteiger partial charge in [0.1, 0.15) is 6.10 Å². The summed E-state index contributed by atoms with van der Waals surface area (Å²) in [5.41, 5.74) is -0.302. The van der Waals surface area contributed by atoms with Gasteiger partial charge in [-0.3, -0.25) is 10.1 Å². The second-order valence-electron chi connectivity index (χ2n) is 5.04. The summed E-state index contributed by atoms with van der Waals surface area (Å²) in [6.07, 6.45) is 1.65. The van der Waals surface area contributed by atoms with Crippen LogP contribution in [0.25, 0.3) is 0 Å². The normalized spacial score (nSPS) is 29.7. The molecule has 0 amide bonds. The number of halogens is 2. The van der Waals surface area contributed by atoms with Gasteiger partial charge in [-0.1, -0.05) is 29.8 Å². The highest BCUT2D eigenvalue weighted by Gasteiger charge is 2.51. The highest BCUT2D eigenvalue weighted by atomic mass is 79.9. The van der Waals surface area contributed by atoms with E-state index in [1.165, 1.54) is 12.1 Å². The molecule has 0 N–H and O–H groups in total. The van der Waals surface area contributed by atoms with E-state index in [0.717, 1.165) is 18.9 Å². The Kier molecular flexibility index (Phi) is 3.80. The van der Waals surface area contributed by atoms with Gasteiger partial charge in [0.05, 0.1) is 11.0 Å². The smallest absolute Gasteiger partial charge is 0.272 e. The van der Waals surface area contributed by atoms with Gasteiger partial charge < -0.3 is 4.74 Å². The number of ether oxygens (including phenoxy) is 1. The van der Waals surface area contributed by atoms with Crippen molar-refractivity contribution in [3.63, 3.8) is 0 Å². The van der Waals surface area contributed by atoms with Crippen LogP contribution in [-0.4, -0.2) is 15.9 Å². The fourth-order valence-corrected chi connectivity index (χ4v) is 3.21. The Bertz CT molecular complexity index is 511. The highest BCUT2D eigenvalue weighted by molar-refractivity contribution is 9.09. The van der Waals surface area contributed by atoms with E-state index in [9.17, 15) is 14.5 Å². The van der Waals surface area contributed by atoms with Crippen LogP contribution in [0.4, 0.5) is 10.1 Å². The van der Waals surface area contributed by atoms with Gasteiger partial charge in [-0.2, -0.15) is 0 Å². The van der Waals surface area contributed by atoms with E-state index < -0.39 is 10.7 Å². The summed E-state index contributed by atoms with van der Waals surface area (Å²) in [6.45, 7) is 4.15. The standard InChI is InChI=1S/C13H15BrFNO3/c1-3-13(2)11(14)7-12(13)19-10-5-4-8(16(17)18)6-9(10)15/h4-6,11-12H,3,7H2,1-2H3. The fourth-order valence-electron chi connectivity index (χ4n) is 2.25. The summed E-state index contributed by atoms with van der Waals surface area (Å²) in [5.74, 6) is -0.611. The van der Waals surface area contributed by atoms with Crippen LogP contribution < -0.4 is 4.74 Å². The lowest BCUT2D eigenvalue weighted by molar-refractivity contribution is -0.385. The Morgan fingerprint density at radius 3 is 2.79 bits per heavy atom. The lowest BCUT2D eigenvalue weighted by atomic mass is 9.65. The predicted octanol–water partition coefficient (Wildman–Crippen LogP) is 4.06. The molecule has 3 atom stereocenters. The molecule has 0 radical (unpaired) electrons. The quantitative estimate of drug-likeness (QED) is 0.474. The number of non-ortho nitro benzene ring substituents is 1. The Balaban J connectivity index is 2.15. The van der Waals surface area contributed by atoms with Gasteiger partial charge in [-0.25, -0.2) is 4.39 Å². The van der Waals surface area contributed by atoms with E-state index >= 15 is 0 Å². The van der Waals surface area contributed by atoms with Crippen molar-refractivity contribution in [2.75, 3.05) is 0 Å². The fraction of sp³-hybridized carbons (Fsp3) is 0.538. The van der Waals surface area contributed by atoms with Gasteiger partial charge in [0.2, 0.25) is 0 Å². The van der Waals surface area contributed by atoms with Crippen LogP contribution in [-0.2, 0) is 0 Å². The SMILES string of the molecule is CCC1(C)C(Br)CC1Oc1ccc([N+](=O)[O-])cc1F. The predicted molar refractivity (Wildman–Crippen MR) is 73.2 cm³/mol. The Hall–Kier alpha value is -1.17. The summed E-state index contributed by atoms with van der Waals surface area (Å²) in [6, 6.07) is 3.47. The monoisotopic (exact) mass is 331 g/mol. The van der Waals surface area contributed by atoms with E-state index in [1.54, 1.807) is 0 Å². The number of hydrogen-bond acceptors (Lipinski definition) is 3. The van der Waals surface area contributed by atoms with Crippen molar-refractivity contribution in [3.05, 3.63) is 34.1 Å². The van der Waals surface area contributed by atoms with Crippen molar-refractivity contribution in [2.24, 2.45) is 5.41 Å². The number of hydrogen-bond donors (Lipinski definition) is 0. The zero-order valence-electron chi connectivity index (χ0n) is 10.7. The van der Waals surface area contributed by atoms with Crippen LogP contribution in [0.3, 0.4) is 0 Å². The van der Waals surface area contributed by atoms with Gasteiger partial charge in [0, 0.05) is 16.3 Å². The minimum absolute atomic E-state index is 0.0335. The average molecular weight is 332 g/mol. The Labute approximate surface area is 119 Å². The molecule has 1 aromatic carbocycles. The first kappa shape index (κ1) is 14.2. The third kappa shape index (κ3) is 2.45. The Morgan fingerprint density at radius 1 is 1.63 bits per heavy atom. The first-order valence-electron chi connectivity index (χ1n) is 6.13. The van der Waals surface area contributed by atoms with Crippen molar-refractivity contribution >= 4 is 21.6 Å².